The first-order chi connectivity index (χ1) is 3.66. The van der Waals surface area contributed by atoms with Crippen LogP contribution in [0.3, 0.4) is 0 Å². The third-order valence-electron chi connectivity index (χ3n) is 0.621. The molecule has 0 aliphatic carbocycles. The second-order valence-electron chi connectivity index (χ2n) is 1.43. The molecule has 0 saturated heterocycles. The Hall–Kier alpha value is -0.610. The van der Waals surface area contributed by atoms with Gasteiger partial charge >= 0.3 is 5.97 Å². The van der Waals surface area contributed by atoms with Gasteiger partial charge in [-0.25, -0.2) is 0 Å². The van der Waals surface area contributed by atoms with Gasteiger partial charge < -0.3 is 15.3 Å². The zero-order valence-corrected chi connectivity index (χ0v) is 4.24. The van der Waals surface area contributed by atoms with E-state index < -0.39 is 25.1 Å². The van der Waals surface area contributed by atoms with Crippen LogP contribution < -0.4 is 0 Å². The number of hydrogen-bond acceptors (Lipinski definition) is 3. The lowest BCUT2D eigenvalue weighted by atomic mass is 10.3. The SMILES string of the molecule is O=C(O)CC(O)CO. The maximum Gasteiger partial charge on any atom is 0.306 e. The average Bonchev–Trinajstić information content (AvgIpc) is 1.65. The van der Waals surface area contributed by atoms with Crippen molar-refractivity contribution in [3.63, 3.8) is 0 Å². The van der Waals surface area contributed by atoms with E-state index in [1.54, 1.807) is 0 Å². The van der Waals surface area contributed by atoms with Gasteiger partial charge in [0.25, 0.3) is 0 Å². The van der Waals surface area contributed by atoms with E-state index in [2.05, 4.69) is 0 Å². The summed E-state index contributed by atoms with van der Waals surface area (Å²) in [7, 11) is 0. The Morgan fingerprint density at radius 2 is 2.12 bits per heavy atom. The number of carboxylic acid groups (broad SMARTS) is 1. The molecule has 0 radical (unpaired) electrons. The summed E-state index contributed by atoms with van der Waals surface area (Å²) in [5, 5.41) is 24.4. The molecule has 1 unspecified atom stereocenters. The molecule has 0 heterocycles. The Morgan fingerprint density at radius 1 is 1.62 bits per heavy atom. The molecule has 0 rings (SSSR count). The van der Waals surface area contributed by atoms with Crippen molar-refractivity contribution in [2.75, 3.05) is 6.61 Å². The first-order valence-electron chi connectivity index (χ1n) is 2.17. The highest BCUT2D eigenvalue weighted by molar-refractivity contribution is 5.67. The van der Waals surface area contributed by atoms with Gasteiger partial charge in [-0.3, -0.25) is 4.79 Å². The molecule has 0 bridgehead atoms. The monoisotopic (exact) mass is 120 g/mol. The summed E-state index contributed by atoms with van der Waals surface area (Å²) in [5.74, 6) is -1.11. The molecule has 8 heavy (non-hydrogen) atoms. The summed E-state index contributed by atoms with van der Waals surface area (Å²) in [6.45, 7) is -0.494. The number of aliphatic hydroxyl groups excluding tert-OH is 2. The normalized spacial score (nSPS) is 13.2. The van der Waals surface area contributed by atoms with Crippen molar-refractivity contribution in [1.82, 2.24) is 0 Å². The van der Waals surface area contributed by atoms with Crippen LogP contribution in [-0.4, -0.2) is 34.0 Å². The Bertz CT molecular complexity index is 80.1. The lowest BCUT2D eigenvalue weighted by Gasteiger charge is -1.99. The van der Waals surface area contributed by atoms with Crippen LogP contribution in [0, 0.1) is 0 Å². The summed E-state index contributed by atoms with van der Waals surface area (Å²) in [5.41, 5.74) is 0. The molecule has 1 atom stereocenters. The molecule has 0 amide bonds. The van der Waals surface area contributed by atoms with Crippen molar-refractivity contribution >= 4 is 5.97 Å². The maximum atomic E-state index is 9.70. The van der Waals surface area contributed by atoms with Gasteiger partial charge in [0.1, 0.15) is 0 Å². The number of aliphatic carboxylic acids is 1. The zero-order chi connectivity index (χ0) is 6.57. The zero-order valence-electron chi connectivity index (χ0n) is 4.24. The molecule has 0 aromatic rings. The Balaban J connectivity index is 3.24. The number of rotatable bonds is 3. The molecular weight excluding hydrogens is 112 g/mol. The van der Waals surface area contributed by atoms with Crippen LogP contribution in [0.4, 0.5) is 0 Å². The summed E-state index contributed by atoms with van der Waals surface area (Å²) >= 11 is 0. The molecule has 0 aliphatic rings. The van der Waals surface area contributed by atoms with Gasteiger partial charge in [-0.15, -0.1) is 0 Å². The van der Waals surface area contributed by atoms with E-state index in [4.69, 9.17) is 15.3 Å². The molecule has 48 valence electrons. The second kappa shape index (κ2) is 3.40. The lowest BCUT2D eigenvalue weighted by Crippen LogP contribution is -2.16. The fourth-order valence-electron chi connectivity index (χ4n) is 0.266. The molecule has 0 aromatic carbocycles. The lowest BCUT2D eigenvalue weighted by molar-refractivity contribution is -0.139. The molecule has 0 aromatic heterocycles. The van der Waals surface area contributed by atoms with Crippen LogP contribution >= 0.6 is 0 Å². The van der Waals surface area contributed by atoms with Crippen molar-refractivity contribution in [2.45, 2.75) is 12.5 Å². The highest BCUT2D eigenvalue weighted by Crippen LogP contribution is 1.87. The molecule has 0 saturated carbocycles. The summed E-state index contributed by atoms with van der Waals surface area (Å²) in [6, 6.07) is 0. The number of aliphatic hydroxyl groups is 2. The molecule has 0 aliphatic heterocycles. The van der Waals surface area contributed by atoms with Crippen LogP contribution in [0.5, 0.6) is 0 Å². The minimum absolute atomic E-state index is 0.392. The smallest absolute Gasteiger partial charge is 0.306 e. The minimum atomic E-state index is -1.12. The van der Waals surface area contributed by atoms with Crippen LogP contribution in [-0.2, 0) is 4.79 Å². The van der Waals surface area contributed by atoms with Crippen LogP contribution in [0.1, 0.15) is 6.42 Å². The Morgan fingerprint density at radius 3 is 2.25 bits per heavy atom. The number of carbonyl (C=O) groups is 1. The van der Waals surface area contributed by atoms with E-state index in [9.17, 15) is 4.79 Å². The van der Waals surface area contributed by atoms with Crippen LogP contribution in [0.25, 0.3) is 0 Å². The van der Waals surface area contributed by atoms with Gasteiger partial charge in [-0.2, -0.15) is 0 Å². The standard InChI is InChI=1S/C4H8O4/c5-2-3(6)1-4(7)8/h3,5-6H,1-2H2,(H,7,8). The van der Waals surface area contributed by atoms with Crippen molar-refractivity contribution in [1.29, 1.82) is 0 Å². The molecule has 0 fully saturated rings. The first kappa shape index (κ1) is 7.39. The summed E-state index contributed by atoms with van der Waals surface area (Å²) in [6.07, 6.45) is -1.51. The predicted molar refractivity (Wildman–Crippen MR) is 25.3 cm³/mol. The van der Waals surface area contributed by atoms with E-state index in [1.165, 1.54) is 0 Å². The van der Waals surface area contributed by atoms with E-state index in [0.717, 1.165) is 0 Å². The quantitative estimate of drug-likeness (QED) is 0.438. The third-order valence-corrected chi connectivity index (χ3v) is 0.621. The van der Waals surface area contributed by atoms with Crippen LogP contribution in [0.2, 0.25) is 0 Å². The minimum Gasteiger partial charge on any atom is -0.481 e. The number of carboxylic acids is 1. The van der Waals surface area contributed by atoms with Gasteiger partial charge in [0.05, 0.1) is 19.1 Å². The highest BCUT2D eigenvalue weighted by Gasteiger charge is 2.05. The van der Waals surface area contributed by atoms with Gasteiger partial charge in [-0.05, 0) is 0 Å². The van der Waals surface area contributed by atoms with Gasteiger partial charge in [-0.1, -0.05) is 0 Å². The van der Waals surface area contributed by atoms with Crippen molar-refractivity contribution < 1.29 is 20.1 Å². The van der Waals surface area contributed by atoms with Crippen LogP contribution in [0.15, 0.2) is 0 Å². The van der Waals surface area contributed by atoms with Gasteiger partial charge in [0, 0.05) is 0 Å². The topological polar surface area (TPSA) is 77.8 Å². The summed E-state index contributed by atoms with van der Waals surface area (Å²) in [4.78, 5) is 9.70. The molecule has 4 heteroatoms. The highest BCUT2D eigenvalue weighted by atomic mass is 16.4. The van der Waals surface area contributed by atoms with E-state index in [0.29, 0.717) is 0 Å². The second-order valence-corrected chi connectivity index (χ2v) is 1.43. The number of hydrogen-bond donors (Lipinski definition) is 3. The van der Waals surface area contributed by atoms with E-state index in [-0.39, 0.29) is 0 Å². The molecule has 0 spiro atoms. The Kier molecular flexibility index (Phi) is 3.14. The van der Waals surface area contributed by atoms with Gasteiger partial charge in [0.15, 0.2) is 0 Å². The van der Waals surface area contributed by atoms with Crippen molar-refractivity contribution in [3.05, 3.63) is 0 Å². The van der Waals surface area contributed by atoms with Crippen molar-refractivity contribution in [3.8, 4) is 0 Å². The molecular formula is C4H8O4. The molecule has 3 N–H and O–H groups in total. The molecule has 4 nitrogen and oxygen atoms in total. The third kappa shape index (κ3) is 3.58. The predicted octanol–water partition coefficient (Wildman–Crippen LogP) is -1.19. The largest absolute Gasteiger partial charge is 0.481 e. The van der Waals surface area contributed by atoms with E-state index in [1.807, 2.05) is 0 Å². The first-order valence-corrected chi connectivity index (χ1v) is 2.17. The van der Waals surface area contributed by atoms with E-state index >= 15 is 0 Å². The fraction of sp³-hybridized carbons (Fsp3) is 0.750. The maximum absolute atomic E-state index is 9.70. The Labute approximate surface area is 46.4 Å². The van der Waals surface area contributed by atoms with Crippen molar-refractivity contribution in [2.24, 2.45) is 0 Å². The fourth-order valence-corrected chi connectivity index (χ4v) is 0.266. The average molecular weight is 120 g/mol. The summed E-state index contributed by atoms with van der Waals surface area (Å²) < 4.78 is 0. The van der Waals surface area contributed by atoms with Gasteiger partial charge in [0.2, 0.25) is 0 Å².